The predicted octanol–water partition coefficient (Wildman–Crippen LogP) is 4.86. The van der Waals surface area contributed by atoms with Gasteiger partial charge in [-0.25, -0.2) is 9.98 Å². The van der Waals surface area contributed by atoms with Gasteiger partial charge in [0.25, 0.3) is 0 Å². The molecule has 1 aliphatic heterocycles. The summed E-state index contributed by atoms with van der Waals surface area (Å²) in [5.41, 5.74) is 6.15. The second kappa shape index (κ2) is 8.78. The SMILES string of the molecule is CCN(C)C=Nc1cc(C)c(Cc2nc(C3CCOCC3)cs2)cc1C. The lowest BCUT2D eigenvalue weighted by Gasteiger charge is -2.20. The second-order valence-corrected chi connectivity index (χ2v) is 8.06. The van der Waals surface area contributed by atoms with Crippen molar-refractivity contribution in [2.45, 2.75) is 46.0 Å². The van der Waals surface area contributed by atoms with Crippen LogP contribution in [0, 0.1) is 13.8 Å². The fourth-order valence-corrected chi connectivity index (χ4v) is 4.08. The van der Waals surface area contributed by atoms with Crippen molar-refractivity contribution in [3.63, 3.8) is 0 Å². The summed E-state index contributed by atoms with van der Waals surface area (Å²) < 4.78 is 5.47. The summed E-state index contributed by atoms with van der Waals surface area (Å²) in [6, 6.07) is 4.46. The monoisotopic (exact) mass is 371 g/mol. The molecule has 0 N–H and O–H groups in total. The molecule has 140 valence electrons. The highest BCUT2D eigenvalue weighted by atomic mass is 32.1. The molecular formula is C21H29N3OS. The number of thiazole rings is 1. The van der Waals surface area contributed by atoms with Crippen molar-refractivity contribution in [1.82, 2.24) is 9.88 Å². The Kier molecular flexibility index (Phi) is 6.43. The molecule has 1 aromatic heterocycles. The summed E-state index contributed by atoms with van der Waals surface area (Å²) in [7, 11) is 2.04. The van der Waals surface area contributed by atoms with E-state index in [0.29, 0.717) is 5.92 Å². The van der Waals surface area contributed by atoms with E-state index in [4.69, 9.17) is 9.72 Å². The Labute approximate surface area is 160 Å². The average molecular weight is 372 g/mol. The first-order chi connectivity index (χ1) is 12.6. The Morgan fingerprint density at radius 3 is 2.77 bits per heavy atom. The van der Waals surface area contributed by atoms with Gasteiger partial charge in [0.15, 0.2) is 0 Å². The number of ether oxygens (including phenoxy) is 1. The van der Waals surface area contributed by atoms with E-state index in [1.54, 1.807) is 11.3 Å². The zero-order valence-electron chi connectivity index (χ0n) is 16.3. The van der Waals surface area contributed by atoms with E-state index in [1.165, 1.54) is 27.4 Å². The van der Waals surface area contributed by atoms with Crippen LogP contribution in [0.4, 0.5) is 5.69 Å². The van der Waals surface area contributed by atoms with E-state index in [9.17, 15) is 0 Å². The second-order valence-electron chi connectivity index (χ2n) is 7.11. The summed E-state index contributed by atoms with van der Waals surface area (Å²) in [6.45, 7) is 9.12. The highest BCUT2D eigenvalue weighted by Gasteiger charge is 2.19. The number of benzene rings is 1. The normalized spacial score (nSPS) is 15.7. The van der Waals surface area contributed by atoms with Crippen molar-refractivity contribution in [2.75, 3.05) is 26.8 Å². The van der Waals surface area contributed by atoms with Crippen LogP contribution in [0.5, 0.6) is 0 Å². The zero-order chi connectivity index (χ0) is 18.5. The molecule has 0 radical (unpaired) electrons. The number of nitrogens with zero attached hydrogens (tertiary/aromatic N) is 3. The third kappa shape index (κ3) is 4.71. The maximum Gasteiger partial charge on any atom is 0.0972 e. The molecule has 1 fully saturated rings. The number of aryl methyl sites for hydroxylation is 2. The van der Waals surface area contributed by atoms with Crippen LogP contribution in [-0.2, 0) is 11.2 Å². The molecular weight excluding hydrogens is 342 g/mol. The Balaban J connectivity index is 1.73. The lowest BCUT2D eigenvalue weighted by atomic mass is 9.97. The molecule has 1 aliphatic rings. The van der Waals surface area contributed by atoms with Crippen LogP contribution in [0.15, 0.2) is 22.5 Å². The molecule has 0 atom stereocenters. The fraction of sp³-hybridized carbons (Fsp3) is 0.524. The minimum atomic E-state index is 0.573. The van der Waals surface area contributed by atoms with E-state index in [0.717, 1.165) is 44.7 Å². The van der Waals surface area contributed by atoms with Crippen molar-refractivity contribution in [3.8, 4) is 0 Å². The van der Waals surface area contributed by atoms with Gasteiger partial charge in [0, 0.05) is 44.5 Å². The van der Waals surface area contributed by atoms with Crippen LogP contribution >= 0.6 is 11.3 Å². The van der Waals surface area contributed by atoms with Gasteiger partial charge in [-0.05, 0) is 56.4 Å². The van der Waals surface area contributed by atoms with Gasteiger partial charge in [-0.3, -0.25) is 0 Å². The maximum absolute atomic E-state index is 5.47. The summed E-state index contributed by atoms with van der Waals surface area (Å²) in [5.74, 6) is 0.573. The van der Waals surface area contributed by atoms with Crippen LogP contribution in [0.1, 0.15) is 53.1 Å². The largest absolute Gasteiger partial charge is 0.381 e. The Hall–Kier alpha value is -1.72. The van der Waals surface area contributed by atoms with Crippen molar-refractivity contribution in [2.24, 2.45) is 4.99 Å². The minimum Gasteiger partial charge on any atom is -0.381 e. The third-order valence-electron chi connectivity index (χ3n) is 5.10. The molecule has 1 aromatic carbocycles. The molecule has 0 saturated carbocycles. The quantitative estimate of drug-likeness (QED) is 0.538. The van der Waals surface area contributed by atoms with E-state index < -0.39 is 0 Å². The summed E-state index contributed by atoms with van der Waals surface area (Å²) in [5, 5.41) is 3.45. The molecule has 0 amide bonds. The van der Waals surface area contributed by atoms with Crippen molar-refractivity contribution in [3.05, 3.63) is 44.9 Å². The van der Waals surface area contributed by atoms with Crippen molar-refractivity contribution in [1.29, 1.82) is 0 Å². The lowest BCUT2D eigenvalue weighted by molar-refractivity contribution is 0.0846. The van der Waals surface area contributed by atoms with E-state index in [-0.39, 0.29) is 0 Å². The van der Waals surface area contributed by atoms with Crippen molar-refractivity contribution >= 4 is 23.4 Å². The number of aliphatic imine (C=N–C) groups is 1. The predicted molar refractivity (Wildman–Crippen MR) is 110 cm³/mol. The number of rotatable bonds is 6. The van der Waals surface area contributed by atoms with Gasteiger partial charge in [0.1, 0.15) is 0 Å². The molecule has 0 aliphatic carbocycles. The molecule has 1 saturated heterocycles. The van der Waals surface area contributed by atoms with Gasteiger partial charge in [0.05, 0.1) is 22.7 Å². The fourth-order valence-electron chi connectivity index (χ4n) is 3.18. The maximum atomic E-state index is 5.47. The Morgan fingerprint density at radius 2 is 2.04 bits per heavy atom. The molecule has 3 rings (SSSR count). The first-order valence-corrected chi connectivity index (χ1v) is 10.3. The molecule has 0 spiro atoms. The number of hydrogen-bond donors (Lipinski definition) is 0. The van der Waals surface area contributed by atoms with Gasteiger partial charge in [-0.2, -0.15) is 0 Å². The standard InChI is InChI=1S/C21H29N3OS/c1-5-24(4)14-22-19-11-15(2)18(10-16(19)3)12-21-23-20(13-26-21)17-6-8-25-9-7-17/h10-11,13-14,17H,5-9,12H2,1-4H3. The molecule has 26 heavy (non-hydrogen) atoms. The van der Waals surface area contributed by atoms with E-state index >= 15 is 0 Å². The lowest BCUT2D eigenvalue weighted by Crippen LogP contribution is -2.14. The van der Waals surface area contributed by atoms with Crippen LogP contribution in [-0.4, -0.2) is 43.0 Å². The van der Waals surface area contributed by atoms with Crippen LogP contribution < -0.4 is 0 Å². The Morgan fingerprint density at radius 1 is 1.27 bits per heavy atom. The van der Waals surface area contributed by atoms with Crippen molar-refractivity contribution < 1.29 is 4.74 Å². The molecule has 2 heterocycles. The molecule has 0 bridgehead atoms. The van der Waals surface area contributed by atoms with Gasteiger partial charge < -0.3 is 9.64 Å². The van der Waals surface area contributed by atoms with Crippen LogP contribution in [0.3, 0.4) is 0 Å². The first-order valence-electron chi connectivity index (χ1n) is 9.43. The molecule has 5 heteroatoms. The number of aromatic nitrogens is 1. The number of hydrogen-bond acceptors (Lipinski definition) is 4. The summed E-state index contributed by atoms with van der Waals surface area (Å²) in [4.78, 5) is 11.6. The molecule has 4 nitrogen and oxygen atoms in total. The highest BCUT2D eigenvalue weighted by molar-refractivity contribution is 7.09. The van der Waals surface area contributed by atoms with E-state index in [1.807, 2.05) is 13.4 Å². The summed E-state index contributed by atoms with van der Waals surface area (Å²) >= 11 is 1.79. The zero-order valence-corrected chi connectivity index (χ0v) is 17.1. The summed E-state index contributed by atoms with van der Waals surface area (Å²) in [6.07, 6.45) is 5.00. The molecule has 0 unspecified atom stereocenters. The third-order valence-corrected chi connectivity index (χ3v) is 5.97. The van der Waals surface area contributed by atoms with Crippen LogP contribution in [0.25, 0.3) is 0 Å². The van der Waals surface area contributed by atoms with Gasteiger partial charge in [0.2, 0.25) is 0 Å². The molecule has 2 aromatic rings. The highest BCUT2D eigenvalue weighted by Crippen LogP contribution is 2.30. The van der Waals surface area contributed by atoms with Gasteiger partial charge >= 0.3 is 0 Å². The van der Waals surface area contributed by atoms with Gasteiger partial charge in [-0.15, -0.1) is 11.3 Å². The topological polar surface area (TPSA) is 37.7 Å². The van der Waals surface area contributed by atoms with E-state index in [2.05, 4.69) is 48.2 Å². The first kappa shape index (κ1) is 19.1. The minimum absolute atomic E-state index is 0.573. The smallest absolute Gasteiger partial charge is 0.0972 e. The average Bonchev–Trinajstić information content (AvgIpc) is 3.12. The van der Waals surface area contributed by atoms with Gasteiger partial charge in [-0.1, -0.05) is 6.07 Å². The van der Waals surface area contributed by atoms with Crippen LogP contribution in [0.2, 0.25) is 0 Å². The Bertz CT molecular complexity index is 763.